The molecule has 0 aliphatic carbocycles. The zero-order valence-corrected chi connectivity index (χ0v) is 23.1. The number of para-hydroxylation sites is 1. The van der Waals surface area contributed by atoms with E-state index in [1.165, 1.54) is 21.5 Å². The van der Waals surface area contributed by atoms with Crippen molar-refractivity contribution in [1.82, 2.24) is 19.9 Å². The fraction of sp³-hybridized carbons (Fsp3) is 0. The highest BCUT2D eigenvalue weighted by Gasteiger charge is 2.19. The predicted octanol–water partition coefficient (Wildman–Crippen LogP) is 9.97. The molecule has 9 rings (SSSR count). The summed E-state index contributed by atoms with van der Waals surface area (Å²) in [4.78, 5) is 19.0. The Morgan fingerprint density at radius 3 is 1.84 bits per heavy atom. The van der Waals surface area contributed by atoms with Crippen LogP contribution in [0.25, 0.3) is 88.3 Å². The van der Waals surface area contributed by atoms with E-state index in [1.807, 2.05) is 18.2 Å². The molecule has 1 N–H and O–H groups in total. The molecule has 0 aliphatic heterocycles. The molecule has 0 saturated carbocycles. The number of H-pyrrole nitrogens is 1. The van der Waals surface area contributed by atoms with Crippen LogP contribution < -0.4 is 0 Å². The van der Waals surface area contributed by atoms with E-state index < -0.39 is 0 Å². The van der Waals surface area contributed by atoms with Crippen molar-refractivity contribution in [3.05, 3.63) is 140 Å². The number of hydrogen-bond donors (Lipinski definition) is 1. The highest BCUT2D eigenvalue weighted by molar-refractivity contribution is 6.23. The standard InChI is InChI=1S/C39H24N4/c1-2-12-25(13-3-1)37-41-38(31-18-10-20-34-36(31)30-17-8-9-19-33(30)40-34)43-39(42-37)32-23-26-14-5-7-16-28(26)35-27-15-6-4-11-24(27)21-22-29(32)35/h1-23,40H. The van der Waals surface area contributed by atoms with Crippen molar-refractivity contribution in [2.45, 2.75) is 0 Å². The van der Waals surface area contributed by atoms with Gasteiger partial charge in [-0.2, -0.15) is 0 Å². The number of aromatic nitrogens is 4. The molecule has 0 aliphatic rings. The maximum atomic E-state index is 5.24. The van der Waals surface area contributed by atoms with Gasteiger partial charge in [-0.25, -0.2) is 15.0 Å². The molecule has 43 heavy (non-hydrogen) atoms. The van der Waals surface area contributed by atoms with Crippen molar-refractivity contribution in [1.29, 1.82) is 0 Å². The normalized spacial score (nSPS) is 11.7. The second-order valence-corrected chi connectivity index (χ2v) is 10.9. The van der Waals surface area contributed by atoms with E-state index in [0.29, 0.717) is 17.5 Å². The molecule has 0 unspecified atom stereocenters. The summed E-state index contributed by atoms with van der Waals surface area (Å²) < 4.78 is 0. The van der Waals surface area contributed by atoms with Gasteiger partial charge < -0.3 is 4.98 Å². The lowest BCUT2D eigenvalue weighted by Gasteiger charge is -2.14. The molecule has 0 fully saturated rings. The zero-order valence-electron chi connectivity index (χ0n) is 23.1. The van der Waals surface area contributed by atoms with Crippen molar-refractivity contribution in [2.75, 3.05) is 0 Å². The van der Waals surface area contributed by atoms with E-state index in [9.17, 15) is 0 Å². The number of rotatable bonds is 3. The number of hydrogen-bond acceptors (Lipinski definition) is 3. The Morgan fingerprint density at radius 1 is 0.372 bits per heavy atom. The third-order valence-corrected chi connectivity index (χ3v) is 8.43. The SMILES string of the molecule is c1ccc(-c2nc(-c3cc4ccccc4c4c3ccc3ccccc34)nc(-c3cccc4[nH]c5ccccc5c34)n2)cc1. The molecular weight excluding hydrogens is 524 g/mol. The van der Waals surface area contributed by atoms with Gasteiger partial charge >= 0.3 is 0 Å². The molecule has 0 saturated heterocycles. The lowest BCUT2D eigenvalue weighted by Crippen LogP contribution is -2.01. The molecule has 0 spiro atoms. The molecule has 200 valence electrons. The van der Waals surface area contributed by atoms with Gasteiger partial charge in [-0.3, -0.25) is 0 Å². The van der Waals surface area contributed by atoms with Crippen LogP contribution in [0.2, 0.25) is 0 Å². The largest absolute Gasteiger partial charge is 0.354 e. The Labute approximate surface area is 247 Å². The summed E-state index contributed by atoms with van der Waals surface area (Å²) in [5, 5.41) is 9.42. The van der Waals surface area contributed by atoms with Gasteiger partial charge in [0.05, 0.1) is 0 Å². The monoisotopic (exact) mass is 548 g/mol. The van der Waals surface area contributed by atoms with Gasteiger partial charge in [0.15, 0.2) is 17.5 Å². The molecule has 0 radical (unpaired) electrons. The number of benzene rings is 7. The van der Waals surface area contributed by atoms with E-state index >= 15 is 0 Å². The minimum atomic E-state index is 0.652. The summed E-state index contributed by atoms with van der Waals surface area (Å²) in [7, 11) is 0. The topological polar surface area (TPSA) is 54.5 Å². The number of aromatic amines is 1. The van der Waals surface area contributed by atoms with Crippen molar-refractivity contribution in [2.24, 2.45) is 0 Å². The third kappa shape index (κ3) is 3.74. The molecule has 4 nitrogen and oxygen atoms in total. The van der Waals surface area contributed by atoms with Gasteiger partial charge in [0, 0.05) is 38.5 Å². The zero-order chi connectivity index (χ0) is 28.3. The maximum Gasteiger partial charge on any atom is 0.164 e. The van der Waals surface area contributed by atoms with E-state index in [1.54, 1.807) is 0 Å². The van der Waals surface area contributed by atoms with Crippen LogP contribution in [0.5, 0.6) is 0 Å². The van der Waals surface area contributed by atoms with Crippen molar-refractivity contribution >= 4 is 54.1 Å². The minimum absolute atomic E-state index is 0.652. The van der Waals surface area contributed by atoms with E-state index in [4.69, 9.17) is 15.0 Å². The van der Waals surface area contributed by atoms with Gasteiger partial charge in [0.2, 0.25) is 0 Å². The first-order chi connectivity index (χ1) is 21.3. The summed E-state index contributed by atoms with van der Waals surface area (Å²) in [6.07, 6.45) is 0. The van der Waals surface area contributed by atoms with Gasteiger partial charge in [-0.1, -0.05) is 121 Å². The van der Waals surface area contributed by atoms with Crippen LogP contribution in [0.3, 0.4) is 0 Å². The van der Waals surface area contributed by atoms with Gasteiger partial charge in [-0.15, -0.1) is 0 Å². The quantitative estimate of drug-likeness (QED) is 0.224. The second-order valence-electron chi connectivity index (χ2n) is 10.9. The molecule has 2 aromatic heterocycles. The average molecular weight is 549 g/mol. The van der Waals surface area contributed by atoms with Crippen LogP contribution in [0.4, 0.5) is 0 Å². The maximum absolute atomic E-state index is 5.24. The van der Waals surface area contributed by atoms with Crippen LogP contribution in [0, 0.1) is 0 Å². The molecule has 0 bridgehead atoms. The molecule has 9 aromatic rings. The summed E-state index contributed by atoms with van der Waals surface area (Å²) in [5.41, 5.74) is 5.08. The Morgan fingerprint density at radius 2 is 1.00 bits per heavy atom. The summed E-state index contributed by atoms with van der Waals surface area (Å²) in [6, 6.07) is 48.7. The van der Waals surface area contributed by atoms with E-state index in [0.717, 1.165) is 49.3 Å². The fourth-order valence-corrected chi connectivity index (χ4v) is 6.48. The smallest absolute Gasteiger partial charge is 0.164 e. The summed E-state index contributed by atoms with van der Waals surface area (Å²) in [6.45, 7) is 0. The van der Waals surface area contributed by atoms with E-state index in [-0.39, 0.29) is 0 Å². The first-order valence-electron chi connectivity index (χ1n) is 14.5. The highest BCUT2D eigenvalue weighted by Crippen LogP contribution is 2.39. The van der Waals surface area contributed by atoms with Crippen LogP contribution in [-0.4, -0.2) is 19.9 Å². The molecular formula is C39H24N4. The summed E-state index contributed by atoms with van der Waals surface area (Å²) in [5.74, 6) is 1.97. The van der Waals surface area contributed by atoms with Crippen molar-refractivity contribution in [3.8, 4) is 34.2 Å². The third-order valence-electron chi connectivity index (χ3n) is 8.43. The Bertz CT molecular complexity index is 2500. The lowest BCUT2D eigenvalue weighted by atomic mass is 9.92. The van der Waals surface area contributed by atoms with Crippen LogP contribution in [0.1, 0.15) is 0 Å². The Hall–Kier alpha value is -5.87. The van der Waals surface area contributed by atoms with Crippen LogP contribution in [0.15, 0.2) is 140 Å². The number of nitrogens with zero attached hydrogens (tertiary/aromatic N) is 3. The number of fused-ring (bicyclic) bond motifs is 8. The molecule has 0 amide bonds. The highest BCUT2D eigenvalue weighted by atomic mass is 15.0. The minimum Gasteiger partial charge on any atom is -0.354 e. The Balaban J connectivity index is 1.40. The second kappa shape index (κ2) is 9.33. The number of nitrogens with one attached hydrogen (secondary N) is 1. The van der Waals surface area contributed by atoms with Gasteiger partial charge in [0.25, 0.3) is 0 Å². The lowest BCUT2D eigenvalue weighted by molar-refractivity contribution is 1.08. The molecule has 7 aromatic carbocycles. The van der Waals surface area contributed by atoms with Crippen molar-refractivity contribution in [3.63, 3.8) is 0 Å². The average Bonchev–Trinajstić information content (AvgIpc) is 3.47. The Kier molecular flexibility index (Phi) is 5.16. The first kappa shape index (κ1) is 23.8. The fourth-order valence-electron chi connectivity index (χ4n) is 6.48. The molecule has 2 heterocycles. The molecule has 0 atom stereocenters. The molecule has 4 heteroatoms. The van der Waals surface area contributed by atoms with Crippen LogP contribution >= 0.6 is 0 Å². The van der Waals surface area contributed by atoms with Gasteiger partial charge in [0.1, 0.15) is 0 Å². The first-order valence-corrected chi connectivity index (χ1v) is 14.5. The van der Waals surface area contributed by atoms with Gasteiger partial charge in [-0.05, 0) is 50.5 Å². The van der Waals surface area contributed by atoms with Crippen LogP contribution in [-0.2, 0) is 0 Å². The predicted molar refractivity (Wildman–Crippen MR) is 178 cm³/mol. The van der Waals surface area contributed by atoms with Crippen molar-refractivity contribution < 1.29 is 0 Å². The van der Waals surface area contributed by atoms with E-state index in [2.05, 4.69) is 126 Å². The summed E-state index contributed by atoms with van der Waals surface area (Å²) >= 11 is 0.